The van der Waals surface area contributed by atoms with Crippen LogP contribution in [0.2, 0.25) is 0 Å². The minimum Gasteiger partial charge on any atom is -0.341 e. The molecule has 2 aliphatic rings. The van der Waals surface area contributed by atoms with Crippen molar-refractivity contribution in [3.63, 3.8) is 0 Å². The zero-order valence-electron chi connectivity index (χ0n) is 13.0. The second-order valence-electron chi connectivity index (χ2n) is 6.55. The lowest BCUT2D eigenvalue weighted by atomic mass is 9.70. The van der Waals surface area contributed by atoms with Gasteiger partial charge in [0.25, 0.3) is 0 Å². The summed E-state index contributed by atoms with van der Waals surface area (Å²) in [6.07, 6.45) is 8.42. The second kappa shape index (κ2) is 5.73. The van der Waals surface area contributed by atoms with Gasteiger partial charge in [0, 0.05) is 30.0 Å². The van der Waals surface area contributed by atoms with Gasteiger partial charge in [-0.3, -0.25) is 0 Å². The molecule has 0 aliphatic heterocycles. The Morgan fingerprint density at radius 2 is 2.09 bits per heavy atom. The fourth-order valence-electron chi connectivity index (χ4n) is 3.88. The normalized spacial score (nSPS) is 26.4. The molecule has 1 aromatic heterocycles. The van der Waals surface area contributed by atoms with E-state index in [1.54, 1.807) is 5.57 Å². The Kier molecular flexibility index (Phi) is 3.59. The maximum absolute atomic E-state index is 4.49. The maximum Gasteiger partial charge on any atom is 0.137 e. The number of fused-ring (bicyclic) bond motifs is 1. The zero-order chi connectivity index (χ0) is 14.9. The number of rotatable bonds is 5. The van der Waals surface area contributed by atoms with Gasteiger partial charge in [-0.1, -0.05) is 48.9 Å². The quantitative estimate of drug-likeness (QED) is 0.821. The molecule has 1 saturated carbocycles. The summed E-state index contributed by atoms with van der Waals surface area (Å²) in [6, 6.07) is 10.8. The van der Waals surface area contributed by atoms with Crippen molar-refractivity contribution in [2.75, 3.05) is 0 Å². The summed E-state index contributed by atoms with van der Waals surface area (Å²) in [7, 11) is 0. The molecule has 4 rings (SSSR count). The van der Waals surface area contributed by atoms with Crippen molar-refractivity contribution in [3.8, 4) is 11.4 Å². The van der Waals surface area contributed by atoms with E-state index in [4.69, 9.17) is 0 Å². The lowest BCUT2D eigenvalue weighted by Crippen LogP contribution is -2.27. The molecular weight excluding hydrogens is 270 g/mol. The van der Waals surface area contributed by atoms with E-state index < -0.39 is 0 Å². The van der Waals surface area contributed by atoms with E-state index >= 15 is 0 Å². The third kappa shape index (κ3) is 2.50. The summed E-state index contributed by atoms with van der Waals surface area (Å²) in [4.78, 5) is 7.91. The summed E-state index contributed by atoms with van der Waals surface area (Å²) in [5, 5.41) is 3.66. The number of benzene rings is 1. The first kappa shape index (κ1) is 13.8. The number of H-pyrrole nitrogens is 1. The number of nitrogens with one attached hydrogen (secondary N) is 2. The summed E-state index contributed by atoms with van der Waals surface area (Å²) in [6.45, 7) is 3.16. The first-order valence-corrected chi connectivity index (χ1v) is 8.37. The van der Waals surface area contributed by atoms with Gasteiger partial charge in [0.05, 0.1) is 0 Å². The van der Waals surface area contributed by atoms with E-state index in [1.165, 1.54) is 19.3 Å². The average molecular weight is 293 g/mol. The molecule has 0 amide bonds. The van der Waals surface area contributed by atoms with Crippen molar-refractivity contribution in [2.24, 2.45) is 11.8 Å². The van der Waals surface area contributed by atoms with Gasteiger partial charge in [-0.25, -0.2) is 4.98 Å². The van der Waals surface area contributed by atoms with Crippen LogP contribution in [0.4, 0.5) is 0 Å². The predicted octanol–water partition coefficient (Wildman–Crippen LogP) is 3.91. The van der Waals surface area contributed by atoms with Gasteiger partial charge in [-0.05, 0) is 31.1 Å². The highest BCUT2D eigenvalue weighted by Crippen LogP contribution is 2.48. The summed E-state index contributed by atoms with van der Waals surface area (Å²) < 4.78 is 0. The SMILES string of the molecule is CCC1CC2CC(NCc3cnc(-c4ccccc4)[nH]3)C=C12. The van der Waals surface area contributed by atoms with E-state index in [0.717, 1.165) is 35.5 Å². The van der Waals surface area contributed by atoms with E-state index in [2.05, 4.69) is 40.4 Å². The van der Waals surface area contributed by atoms with Gasteiger partial charge >= 0.3 is 0 Å². The first-order valence-electron chi connectivity index (χ1n) is 8.37. The van der Waals surface area contributed by atoms with Crippen molar-refractivity contribution in [1.29, 1.82) is 0 Å². The fourth-order valence-corrected chi connectivity index (χ4v) is 3.88. The molecule has 3 heteroatoms. The molecule has 2 aromatic rings. The first-order chi connectivity index (χ1) is 10.8. The van der Waals surface area contributed by atoms with E-state index in [9.17, 15) is 0 Å². The van der Waals surface area contributed by atoms with Crippen LogP contribution in [0, 0.1) is 11.8 Å². The van der Waals surface area contributed by atoms with Gasteiger partial charge in [0.15, 0.2) is 0 Å². The number of hydrogen-bond donors (Lipinski definition) is 2. The third-order valence-electron chi connectivity index (χ3n) is 5.17. The molecule has 2 aliphatic carbocycles. The third-order valence-corrected chi connectivity index (χ3v) is 5.17. The highest BCUT2D eigenvalue weighted by molar-refractivity contribution is 5.54. The smallest absolute Gasteiger partial charge is 0.137 e. The van der Waals surface area contributed by atoms with Crippen molar-refractivity contribution >= 4 is 0 Å². The van der Waals surface area contributed by atoms with Crippen molar-refractivity contribution in [3.05, 3.63) is 53.9 Å². The Balaban J connectivity index is 1.36. The molecule has 3 nitrogen and oxygen atoms in total. The molecule has 1 aromatic carbocycles. The lowest BCUT2D eigenvalue weighted by Gasteiger charge is -2.35. The fraction of sp³-hybridized carbons (Fsp3) is 0.421. The molecule has 0 bridgehead atoms. The van der Waals surface area contributed by atoms with Crippen LogP contribution in [-0.2, 0) is 6.54 Å². The van der Waals surface area contributed by atoms with Crippen LogP contribution in [0.5, 0.6) is 0 Å². The Bertz CT molecular complexity index is 671. The second-order valence-corrected chi connectivity index (χ2v) is 6.55. The monoisotopic (exact) mass is 293 g/mol. The van der Waals surface area contributed by atoms with Crippen LogP contribution in [0.15, 0.2) is 48.2 Å². The summed E-state index contributed by atoms with van der Waals surface area (Å²) in [5.74, 6) is 2.69. The van der Waals surface area contributed by atoms with E-state index in [1.807, 2.05) is 24.4 Å². The van der Waals surface area contributed by atoms with Crippen LogP contribution in [-0.4, -0.2) is 16.0 Å². The molecule has 114 valence electrons. The van der Waals surface area contributed by atoms with Crippen molar-refractivity contribution in [1.82, 2.24) is 15.3 Å². The van der Waals surface area contributed by atoms with Crippen molar-refractivity contribution in [2.45, 2.75) is 38.8 Å². The average Bonchev–Trinajstić information content (AvgIpc) is 3.13. The van der Waals surface area contributed by atoms with E-state index in [-0.39, 0.29) is 0 Å². The Labute approximate surface area is 131 Å². The van der Waals surface area contributed by atoms with Gasteiger partial charge in [-0.15, -0.1) is 0 Å². The Morgan fingerprint density at radius 1 is 1.23 bits per heavy atom. The number of aromatic nitrogens is 2. The van der Waals surface area contributed by atoms with Gasteiger partial charge in [0.2, 0.25) is 0 Å². The van der Waals surface area contributed by atoms with E-state index in [0.29, 0.717) is 6.04 Å². The summed E-state index contributed by atoms with van der Waals surface area (Å²) >= 11 is 0. The predicted molar refractivity (Wildman–Crippen MR) is 89.2 cm³/mol. The Morgan fingerprint density at radius 3 is 2.91 bits per heavy atom. The maximum atomic E-state index is 4.49. The number of allylic oxidation sites excluding steroid dienone is 1. The molecule has 22 heavy (non-hydrogen) atoms. The molecule has 1 fully saturated rings. The highest BCUT2D eigenvalue weighted by atomic mass is 15.0. The number of imidazole rings is 1. The molecule has 0 spiro atoms. The van der Waals surface area contributed by atoms with Crippen LogP contribution in [0.1, 0.15) is 31.9 Å². The van der Waals surface area contributed by atoms with Crippen LogP contribution < -0.4 is 5.32 Å². The van der Waals surface area contributed by atoms with Gasteiger partial charge in [-0.2, -0.15) is 0 Å². The molecular formula is C19H23N3. The molecule has 1 heterocycles. The minimum absolute atomic E-state index is 0.542. The van der Waals surface area contributed by atoms with Crippen molar-refractivity contribution < 1.29 is 0 Å². The number of aromatic amines is 1. The molecule has 3 unspecified atom stereocenters. The number of nitrogens with zero attached hydrogens (tertiary/aromatic N) is 1. The molecule has 3 atom stereocenters. The van der Waals surface area contributed by atoms with Crippen LogP contribution in [0.3, 0.4) is 0 Å². The molecule has 0 radical (unpaired) electrons. The topological polar surface area (TPSA) is 40.7 Å². The minimum atomic E-state index is 0.542. The van der Waals surface area contributed by atoms with Crippen LogP contribution >= 0.6 is 0 Å². The molecule has 0 saturated heterocycles. The number of hydrogen-bond acceptors (Lipinski definition) is 2. The molecule has 2 N–H and O–H groups in total. The Hall–Kier alpha value is -1.87. The van der Waals surface area contributed by atoms with Crippen LogP contribution in [0.25, 0.3) is 11.4 Å². The summed E-state index contributed by atoms with van der Waals surface area (Å²) in [5.41, 5.74) is 4.01. The zero-order valence-corrected chi connectivity index (χ0v) is 13.0. The lowest BCUT2D eigenvalue weighted by molar-refractivity contribution is 0.303. The van der Waals surface area contributed by atoms with Gasteiger partial charge in [0.1, 0.15) is 5.82 Å². The highest BCUT2D eigenvalue weighted by Gasteiger charge is 2.39. The van der Waals surface area contributed by atoms with Gasteiger partial charge < -0.3 is 10.3 Å². The largest absolute Gasteiger partial charge is 0.341 e. The standard InChI is InChI=1S/C19H23N3/c1-2-13-8-15-9-16(10-18(13)15)20-11-17-12-21-19(22-17)14-6-4-3-5-7-14/h3-7,10,12-13,15-16,20H,2,8-9,11H2,1H3,(H,21,22).